The summed E-state index contributed by atoms with van der Waals surface area (Å²) in [5.74, 6) is -2.62. The fraction of sp³-hybridized carbons (Fsp3) is 1.00. The summed E-state index contributed by atoms with van der Waals surface area (Å²) in [4.78, 5) is 0. The summed E-state index contributed by atoms with van der Waals surface area (Å²) in [5, 5.41) is 30.9. The first-order chi connectivity index (χ1) is 5.56. The lowest BCUT2D eigenvalue weighted by Crippen LogP contribution is -2.42. The highest BCUT2D eigenvalue weighted by molar-refractivity contribution is 4.55. The van der Waals surface area contributed by atoms with Crippen molar-refractivity contribution in [3.05, 3.63) is 0 Å². The van der Waals surface area contributed by atoms with E-state index in [9.17, 15) is 0 Å². The van der Waals surface area contributed by atoms with Gasteiger partial charge >= 0.3 is 0 Å². The molecule has 0 aliphatic rings. The van der Waals surface area contributed by atoms with Gasteiger partial charge in [-0.1, -0.05) is 0 Å². The van der Waals surface area contributed by atoms with Crippen LogP contribution >= 0.6 is 0 Å². The normalized spacial score (nSPS) is 12.0. The second-order valence-corrected chi connectivity index (χ2v) is 2.49. The summed E-state index contributed by atoms with van der Waals surface area (Å²) in [6.07, 6.45) is 0. The van der Waals surface area contributed by atoms with Crippen molar-refractivity contribution in [3.63, 3.8) is 0 Å². The fourth-order valence-corrected chi connectivity index (χ4v) is 0.660. The van der Waals surface area contributed by atoms with Crippen molar-refractivity contribution < 1.29 is 15.3 Å². The molecule has 6 nitrogen and oxygen atoms in total. The van der Waals surface area contributed by atoms with Crippen molar-refractivity contribution in [3.8, 4) is 0 Å². The summed E-state index contributed by atoms with van der Waals surface area (Å²) >= 11 is 0. The van der Waals surface area contributed by atoms with E-state index < -0.39 is 5.97 Å². The van der Waals surface area contributed by atoms with Gasteiger partial charge in [-0.25, -0.2) is 0 Å². The molecule has 0 aliphatic heterocycles. The van der Waals surface area contributed by atoms with Crippen LogP contribution in [0.5, 0.6) is 0 Å². The van der Waals surface area contributed by atoms with Crippen LogP contribution in [0.4, 0.5) is 0 Å². The largest absolute Gasteiger partial charge is 0.343 e. The Hall–Kier alpha value is -0.240. The molecule has 0 unspecified atom stereocenters. The van der Waals surface area contributed by atoms with Gasteiger partial charge in [0.25, 0.3) is 5.97 Å². The Bertz CT molecular complexity index is 105. The van der Waals surface area contributed by atoms with Gasteiger partial charge < -0.3 is 31.7 Å². The molecule has 0 aromatic rings. The summed E-state index contributed by atoms with van der Waals surface area (Å²) in [6.45, 7) is 2.25. The molecule has 0 bridgehead atoms. The van der Waals surface area contributed by atoms with Crippen LogP contribution in [-0.4, -0.2) is 54.0 Å². The molecule has 0 aromatic heterocycles. The molecule has 0 atom stereocenters. The van der Waals surface area contributed by atoms with Crippen molar-refractivity contribution in [1.82, 2.24) is 10.6 Å². The molecule has 7 N–H and O–H groups in total. The van der Waals surface area contributed by atoms with Crippen LogP contribution in [0.2, 0.25) is 0 Å². The van der Waals surface area contributed by atoms with Crippen LogP contribution in [0.1, 0.15) is 0 Å². The fourth-order valence-electron chi connectivity index (χ4n) is 0.660. The summed E-state index contributed by atoms with van der Waals surface area (Å²) in [5.41, 5.74) is 5.21. The monoisotopic (exact) mass is 179 g/mol. The molecule has 6 heteroatoms. The lowest BCUT2D eigenvalue weighted by molar-refractivity contribution is -0.306. The van der Waals surface area contributed by atoms with Crippen molar-refractivity contribution in [2.24, 2.45) is 5.73 Å². The van der Waals surface area contributed by atoms with Crippen molar-refractivity contribution in [2.75, 3.05) is 32.7 Å². The maximum Gasteiger partial charge on any atom is 0.288 e. The first-order valence-corrected chi connectivity index (χ1v) is 3.85. The zero-order valence-electron chi connectivity index (χ0n) is 6.95. The Kier molecular flexibility index (Phi) is 6.17. The topological polar surface area (TPSA) is 111 Å². The number of nitrogens with one attached hydrogen (secondary N) is 2. The molecule has 12 heavy (non-hydrogen) atoms. The third kappa shape index (κ3) is 9.76. The van der Waals surface area contributed by atoms with Gasteiger partial charge in [-0.2, -0.15) is 0 Å². The van der Waals surface area contributed by atoms with E-state index in [0.717, 1.165) is 6.54 Å². The second-order valence-electron chi connectivity index (χ2n) is 2.49. The molecule has 0 spiro atoms. The smallest absolute Gasteiger partial charge is 0.288 e. The highest BCUT2D eigenvalue weighted by Gasteiger charge is 2.15. The van der Waals surface area contributed by atoms with Crippen LogP contribution in [-0.2, 0) is 0 Å². The molecular weight excluding hydrogens is 162 g/mol. The molecular formula is C6H17N3O3. The molecule has 0 amide bonds. The first kappa shape index (κ1) is 11.8. The van der Waals surface area contributed by atoms with Crippen LogP contribution < -0.4 is 16.4 Å². The van der Waals surface area contributed by atoms with Crippen LogP contribution in [0.15, 0.2) is 0 Å². The Morgan fingerprint density at radius 2 is 1.58 bits per heavy atom. The Morgan fingerprint density at radius 3 is 2.08 bits per heavy atom. The SMILES string of the molecule is NCCNCCNCC(O)(O)O. The number of aliphatic hydroxyl groups is 3. The maximum atomic E-state index is 8.43. The minimum absolute atomic E-state index is 0.267. The lowest BCUT2D eigenvalue weighted by atomic mass is 10.5. The Morgan fingerprint density at radius 1 is 1.00 bits per heavy atom. The molecule has 0 heterocycles. The molecule has 0 rings (SSSR count). The van der Waals surface area contributed by atoms with Gasteiger partial charge in [0.1, 0.15) is 0 Å². The molecule has 0 saturated heterocycles. The van der Waals surface area contributed by atoms with Crippen LogP contribution in [0.3, 0.4) is 0 Å². The number of nitrogens with two attached hydrogens (primary N) is 1. The summed E-state index contributed by atoms with van der Waals surface area (Å²) in [6, 6.07) is 0. The van der Waals surface area contributed by atoms with Crippen molar-refractivity contribution >= 4 is 0 Å². The number of hydrogen-bond acceptors (Lipinski definition) is 6. The molecule has 0 aromatic carbocycles. The van der Waals surface area contributed by atoms with Gasteiger partial charge in [0.15, 0.2) is 0 Å². The number of rotatable bonds is 7. The highest BCUT2D eigenvalue weighted by atomic mass is 16.7. The molecule has 0 fully saturated rings. The van der Waals surface area contributed by atoms with Gasteiger partial charge in [-0.3, -0.25) is 0 Å². The van der Waals surface area contributed by atoms with Gasteiger partial charge in [-0.05, 0) is 0 Å². The predicted molar refractivity (Wildman–Crippen MR) is 44.2 cm³/mol. The highest BCUT2D eigenvalue weighted by Crippen LogP contribution is 1.86. The third-order valence-corrected chi connectivity index (χ3v) is 1.16. The van der Waals surface area contributed by atoms with E-state index in [0.29, 0.717) is 19.6 Å². The number of hydrogen-bond donors (Lipinski definition) is 6. The van der Waals surface area contributed by atoms with E-state index >= 15 is 0 Å². The van der Waals surface area contributed by atoms with E-state index in [2.05, 4.69) is 10.6 Å². The minimum Gasteiger partial charge on any atom is -0.343 e. The minimum atomic E-state index is -2.62. The molecule has 0 radical (unpaired) electrons. The van der Waals surface area contributed by atoms with Gasteiger partial charge in [0.05, 0.1) is 6.54 Å². The average molecular weight is 179 g/mol. The van der Waals surface area contributed by atoms with E-state index in [1.54, 1.807) is 0 Å². The zero-order valence-corrected chi connectivity index (χ0v) is 6.95. The second kappa shape index (κ2) is 6.30. The Labute approximate surface area is 71.4 Å². The lowest BCUT2D eigenvalue weighted by Gasteiger charge is -2.14. The standard InChI is InChI=1S/C6H17N3O3/c7-1-2-8-3-4-9-5-6(10,11)12/h8-12H,1-5,7H2. The molecule has 0 saturated carbocycles. The zero-order chi connectivity index (χ0) is 9.45. The average Bonchev–Trinajstić information content (AvgIpc) is 1.94. The first-order valence-electron chi connectivity index (χ1n) is 3.85. The molecule has 0 aliphatic carbocycles. The maximum absolute atomic E-state index is 8.43. The van der Waals surface area contributed by atoms with Crippen LogP contribution in [0.25, 0.3) is 0 Å². The van der Waals surface area contributed by atoms with Crippen molar-refractivity contribution in [2.45, 2.75) is 5.97 Å². The third-order valence-electron chi connectivity index (χ3n) is 1.16. The van der Waals surface area contributed by atoms with Crippen molar-refractivity contribution in [1.29, 1.82) is 0 Å². The summed E-state index contributed by atoms with van der Waals surface area (Å²) in [7, 11) is 0. The molecule has 74 valence electrons. The van der Waals surface area contributed by atoms with E-state index in [-0.39, 0.29) is 6.54 Å². The van der Waals surface area contributed by atoms with Gasteiger partial charge in [-0.15, -0.1) is 0 Å². The van der Waals surface area contributed by atoms with Gasteiger partial charge in [0, 0.05) is 26.2 Å². The van der Waals surface area contributed by atoms with E-state index in [4.69, 9.17) is 21.1 Å². The van der Waals surface area contributed by atoms with E-state index in [1.807, 2.05) is 0 Å². The quantitative estimate of drug-likeness (QED) is 0.181. The Balaban J connectivity index is 3.01. The summed E-state index contributed by atoms with van der Waals surface area (Å²) < 4.78 is 0. The van der Waals surface area contributed by atoms with Crippen LogP contribution in [0, 0.1) is 0 Å². The van der Waals surface area contributed by atoms with E-state index in [1.165, 1.54) is 0 Å². The predicted octanol–water partition coefficient (Wildman–Crippen LogP) is -3.24. The van der Waals surface area contributed by atoms with Gasteiger partial charge in [0.2, 0.25) is 0 Å².